The van der Waals surface area contributed by atoms with Gasteiger partial charge in [0.2, 0.25) is 5.91 Å². The van der Waals surface area contributed by atoms with Crippen molar-refractivity contribution in [2.24, 2.45) is 0 Å². The predicted octanol–water partition coefficient (Wildman–Crippen LogP) is 3.31. The summed E-state index contributed by atoms with van der Waals surface area (Å²) < 4.78 is 5.20. The van der Waals surface area contributed by atoms with Gasteiger partial charge in [0.1, 0.15) is 4.88 Å². The molecule has 2 aliphatic rings. The van der Waals surface area contributed by atoms with Gasteiger partial charge in [0.25, 0.3) is 5.91 Å². The molecule has 1 aromatic heterocycles. The van der Waals surface area contributed by atoms with E-state index in [1.807, 2.05) is 4.90 Å². The summed E-state index contributed by atoms with van der Waals surface area (Å²) in [6.07, 6.45) is 8.36. The predicted molar refractivity (Wildman–Crippen MR) is 95.3 cm³/mol. The molecule has 0 unspecified atom stereocenters. The van der Waals surface area contributed by atoms with Gasteiger partial charge in [-0.1, -0.05) is 6.08 Å². The van der Waals surface area contributed by atoms with Crippen molar-refractivity contribution in [3.63, 3.8) is 0 Å². The van der Waals surface area contributed by atoms with E-state index in [2.05, 4.69) is 11.4 Å². The lowest BCUT2D eigenvalue weighted by atomic mass is 10.0. The fourth-order valence-electron chi connectivity index (χ4n) is 2.93. The van der Waals surface area contributed by atoms with Crippen LogP contribution in [0, 0.1) is 0 Å². The highest BCUT2D eigenvalue weighted by atomic mass is 32.1. The second kappa shape index (κ2) is 7.82. The molecular weight excluding hydrogens is 340 g/mol. The third-order valence-electron chi connectivity index (χ3n) is 4.19. The number of nitrogens with one attached hydrogen (secondary N) is 1. The van der Waals surface area contributed by atoms with Gasteiger partial charge < -0.3 is 15.0 Å². The number of carbonyl (C=O) groups is 3. The van der Waals surface area contributed by atoms with Crippen molar-refractivity contribution in [1.82, 2.24) is 4.90 Å². The minimum Gasteiger partial charge on any atom is -0.451 e. The summed E-state index contributed by atoms with van der Waals surface area (Å²) in [6.45, 7) is 1.16. The maximum absolute atomic E-state index is 12.6. The number of anilines is 1. The second-order valence-electron chi connectivity index (χ2n) is 6.36. The molecule has 0 aliphatic heterocycles. The van der Waals surface area contributed by atoms with E-state index in [1.54, 1.807) is 12.1 Å². The van der Waals surface area contributed by atoms with Crippen LogP contribution in [0.15, 0.2) is 23.9 Å². The SMILES string of the molecule is CC(=O)Nc1ccc(C(=O)OCC(=O)N(C2=CCCCC2)C2CC2)s1. The monoisotopic (exact) mass is 362 g/mol. The van der Waals surface area contributed by atoms with Crippen LogP contribution in [-0.4, -0.2) is 35.3 Å². The minimum absolute atomic E-state index is 0.150. The Hall–Kier alpha value is -2.15. The topological polar surface area (TPSA) is 75.7 Å². The number of thiophene rings is 1. The Morgan fingerprint density at radius 3 is 2.72 bits per heavy atom. The van der Waals surface area contributed by atoms with Gasteiger partial charge >= 0.3 is 5.97 Å². The number of carbonyl (C=O) groups excluding carboxylic acids is 3. The number of hydrogen-bond acceptors (Lipinski definition) is 5. The minimum atomic E-state index is -0.539. The number of amides is 2. The van der Waals surface area contributed by atoms with E-state index in [0.717, 1.165) is 49.1 Å². The number of rotatable bonds is 6. The summed E-state index contributed by atoms with van der Waals surface area (Å²) >= 11 is 1.13. The van der Waals surface area contributed by atoms with Gasteiger partial charge in [0.15, 0.2) is 6.61 Å². The molecule has 0 spiro atoms. The summed E-state index contributed by atoms with van der Waals surface area (Å²) in [6, 6.07) is 3.50. The van der Waals surface area contributed by atoms with Crippen LogP contribution in [0.3, 0.4) is 0 Å². The molecule has 2 aliphatic carbocycles. The lowest BCUT2D eigenvalue weighted by Gasteiger charge is -2.27. The van der Waals surface area contributed by atoms with Crippen LogP contribution in [0.25, 0.3) is 0 Å². The first-order valence-corrected chi connectivity index (χ1v) is 9.42. The van der Waals surface area contributed by atoms with Crippen LogP contribution in [0.1, 0.15) is 55.1 Å². The molecule has 7 heteroatoms. The van der Waals surface area contributed by atoms with E-state index < -0.39 is 5.97 Å². The normalized spacial score (nSPS) is 16.8. The molecule has 134 valence electrons. The van der Waals surface area contributed by atoms with Crippen molar-refractivity contribution in [1.29, 1.82) is 0 Å². The summed E-state index contributed by atoms with van der Waals surface area (Å²) in [4.78, 5) is 37.9. The molecular formula is C18H22N2O4S. The average Bonchev–Trinajstić information content (AvgIpc) is 3.31. The summed E-state index contributed by atoms with van der Waals surface area (Å²) in [5, 5.41) is 3.20. The number of esters is 1. The molecule has 0 bridgehead atoms. The Morgan fingerprint density at radius 1 is 1.28 bits per heavy atom. The third kappa shape index (κ3) is 4.69. The number of allylic oxidation sites excluding steroid dienone is 2. The maximum Gasteiger partial charge on any atom is 0.348 e. The van der Waals surface area contributed by atoms with Gasteiger partial charge in [-0.3, -0.25) is 9.59 Å². The molecule has 2 amide bonds. The number of nitrogens with zero attached hydrogens (tertiary/aromatic N) is 1. The number of ether oxygens (including phenoxy) is 1. The first-order chi connectivity index (χ1) is 12.0. The highest BCUT2D eigenvalue weighted by Gasteiger charge is 2.35. The molecule has 0 aromatic carbocycles. The first kappa shape index (κ1) is 17.7. The zero-order chi connectivity index (χ0) is 17.8. The van der Waals surface area contributed by atoms with Gasteiger partial charge in [-0.15, -0.1) is 11.3 Å². The van der Waals surface area contributed by atoms with Crippen LogP contribution in [-0.2, 0) is 14.3 Å². The smallest absolute Gasteiger partial charge is 0.348 e. The second-order valence-corrected chi connectivity index (χ2v) is 7.44. The van der Waals surface area contributed by atoms with Crippen molar-refractivity contribution in [2.75, 3.05) is 11.9 Å². The summed E-state index contributed by atoms with van der Waals surface area (Å²) in [5.74, 6) is -0.885. The van der Waals surface area contributed by atoms with Crippen molar-refractivity contribution in [2.45, 2.75) is 51.5 Å². The van der Waals surface area contributed by atoms with Crippen LogP contribution < -0.4 is 5.32 Å². The van der Waals surface area contributed by atoms with Gasteiger partial charge in [-0.2, -0.15) is 0 Å². The average molecular weight is 362 g/mol. The molecule has 1 saturated carbocycles. The van der Waals surface area contributed by atoms with Crippen LogP contribution in [0.2, 0.25) is 0 Å². The van der Waals surface area contributed by atoms with Crippen LogP contribution >= 0.6 is 11.3 Å². The lowest BCUT2D eigenvalue weighted by Crippen LogP contribution is -2.36. The molecule has 0 saturated heterocycles. The van der Waals surface area contributed by atoms with Crippen molar-refractivity contribution >= 4 is 34.1 Å². The van der Waals surface area contributed by atoms with Crippen LogP contribution in [0.5, 0.6) is 0 Å². The standard InChI is InChI=1S/C18H22N2O4S/c1-12(21)19-16-10-9-15(25-16)18(23)24-11-17(22)20(14-7-8-14)13-5-3-2-4-6-13/h5,9-10,14H,2-4,6-8,11H2,1H3,(H,19,21). The van der Waals surface area contributed by atoms with Gasteiger partial charge in [-0.05, 0) is 50.7 Å². The molecule has 6 nitrogen and oxygen atoms in total. The lowest BCUT2D eigenvalue weighted by molar-refractivity contribution is -0.133. The van der Waals surface area contributed by atoms with Gasteiger partial charge in [0.05, 0.1) is 5.00 Å². The highest BCUT2D eigenvalue weighted by molar-refractivity contribution is 7.18. The van der Waals surface area contributed by atoms with Gasteiger partial charge in [0, 0.05) is 18.7 Å². The molecule has 25 heavy (non-hydrogen) atoms. The Balaban J connectivity index is 1.57. The molecule has 0 atom stereocenters. The van der Waals surface area contributed by atoms with E-state index in [4.69, 9.17) is 4.74 Å². The number of hydrogen-bond donors (Lipinski definition) is 1. The Morgan fingerprint density at radius 2 is 2.08 bits per heavy atom. The summed E-state index contributed by atoms with van der Waals surface area (Å²) in [5.41, 5.74) is 1.08. The quantitative estimate of drug-likeness (QED) is 0.788. The van der Waals surface area contributed by atoms with Crippen molar-refractivity contribution in [3.8, 4) is 0 Å². The first-order valence-electron chi connectivity index (χ1n) is 8.60. The molecule has 1 aromatic rings. The third-order valence-corrected chi connectivity index (χ3v) is 5.17. The zero-order valence-electron chi connectivity index (χ0n) is 14.2. The van der Waals surface area contributed by atoms with Crippen LogP contribution in [0.4, 0.5) is 5.00 Å². The molecule has 3 rings (SSSR count). The highest BCUT2D eigenvalue weighted by Crippen LogP contribution is 2.33. The maximum atomic E-state index is 12.6. The Bertz CT molecular complexity index is 706. The van der Waals surface area contributed by atoms with E-state index in [-0.39, 0.29) is 24.5 Å². The molecule has 1 fully saturated rings. The zero-order valence-corrected chi connectivity index (χ0v) is 15.1. The molecule has 0 radical (unpaired) electrons. The fourth-order valence-corrected chi connectivity index (χ4v) is 3.77. The fraction of sp³-hybridized carbons (Fsp3) is 0.500. The molecule has 1 heterocycles. The molecule has 1 N–H and O–H groups in total. The van der Waals surface area contributed by atoms with E-state index in [1.165, 1.54) is 13.3 Å². The van der Waals surface area contributed by atoms with Crippen molar-refractivity contribution < 1.29 is 19.1 Å². The summed E-state index contributed by atoms with van der Waals surface area (Å²) in [7, 11) is 0. The van der Waals surface area contributed by atoms with Gasteiger partial charge in [-0.25, -0.2) is 4.79 Å². The Labute approximate surface area is 150 Å². The van der Waals surface area contributed by atoms with E-state index >= 15 is 0 Å². The van der Waals surface area contributed by atoms with E-state index in [0.29, 0.717) is 9.88 Å². The van der Waals surface area contributed by atoms with E-state index in [9.17, 15) is 14.4 Å². The largest absolute Gasteiger partial charge is 0.451 e. The van der Waals surface area contributed by atoms with Crippen molar-refractivity contribution in [3.05, 3.63) is 28.8 Å². The Kier molecular flexibility index (Phi) is 5.53.